The van der Waals surface area contributed by atoms with Crippen LogP contribution in [0, 0.1) is 11.3 Å². The number of allylic oxidation sites excluding steroid dienone is 2. The monoisotopic (exact) mass is 198 g/mol. The van der Waals surface area contributed by atoms with E-state index in [1.165, 1.54) is 0 Å². The topological polar surface area (TPSA) is 37.3 Å². The molecule has 0 fully saturated rings. The predicted molar refractivity (Wildman–Crippen MR) is 59.2 cm³/mol. The van der Waals surface area contributed by atoms with Gasteiger partial charge in [-0.05, 0) is 39.0 Å². The van der Waals surface area contributed by atoms with Gasteiger partial charge in [0.15, 0.2) is 0 Å². The number of carboxylic acid groups (broad SMARTS) is 1. The third-order valence-electron chi connectivity index (χ3n) is 2.95. The van der Waals surface area contributed by atoms with Gasteiger partial charge in [0.25, 0.3) is 0 Å². The first-order valence-corrected chi connectivity index (χ1v) is 5.31. The van der Waals surface area contributed by atoms with E-state index in [4.69, 9.17) is 5.11 Å². The van der Waals surface area contributed by atoms with Gasteiger partial charge in [0.05, 0.1) is 5.41 Å². The van der Waals surface area contributed by atoms with Gasteiger partial charge in [-0.25, -0.2) is 0 Å². The molecule has 1 atom stereocenters. The molecule has 0 aliphatic carbocycles. The van der Waals surface area contributed by atoms with E-state index >= 15 is 0 Å². The zero-order chi connectivity index (χ0) is 11.2. The van der Waals surface area contributed by atoms with Gasteiger partial charge >= 0.3 is 5.97 Å². The third kappa shape index (κ3) is 3.95. The van der Waals surface area contributed by atoms with E-state index in [9.17, 15) is 4.79 Å². The molecule has 0 radical (unpaired) electrons. The van der Waals surface area contributed by atoms with E-state index in [1.807, 2.05) is 6.92 Å². The van der Waals surface area contributed by atoms with Crippen LogP contribution in [0.3, 0.4) is 0 Å². The van der Waals surface area contributed by atoms with Crippen LogP contribution in [0.2, 0.25) is 0 Å². The maximum atomic E-state index is 10.9. The van der Waals surface area contributed by atoms with E-state index in [0.717, 1.165) is 19.3 Å². The zero-order valence-corrected chi connectivity index (χ0v) is 9.71. The molecule has 0 aromatic carbocycles. The highest BCUT2D eigenvalue weighted by atomic mass is 16.4. The van der Waals surface area contributed by atoms with Crippen molar-refractivity contribution in [1.82, 2.24) is 0 Å². The molecule has 0 bridgehead atoms. The average molecular weight is 198 g/mol. The van der Waals surface area contributed by atoms with E-state index in [0.29, 0.717) is 0 Å². The van der Waals surface area contributed by atoms with Crippen molar-refractivity contribution in [2.75, 3.05) is 0 Å². The fourth-order valence-corrected chi connectivity index (χ4v) is 1.20. The average Bonchev–Trinajstić information content (AvgIpc) is 2.11. The summed E-state index contributed by atoms with van der Waals surface area (Å²) in [6.45, 7) is 7.70. The van der Waals surface area contributed by atoms with Gasteiger partial charge in [0, 0.05) is 0 Å². The van der Waals surface area contributed by atoms with Crippen molar-refractivity contribution in [3.63, 3.8) is 0 Å². The molecule has 14 heavy (non-hydrogen) atoms. The number of carbonyl (C=O) groups is 1. The van der Waals surface area contributed by atoms with Crippen LogP contribution in [0.15, 0.2) is 12.2 Å². The van der Waals surface area contributed by atoms with Crippen LogP contribution in [0.25, 0.3) is 0 Å². The van der Waals surface area contributed by atoms with Crippen LogP contribution < -0.4 is 0 Å². The van der Waals surface area contributed by atoms with Gasteiger partial charge in [-0.1, -0.05) is 26.0 Å². The van der Waals surface area contributed by atoms with E-state index in [1.54, 1.807) is 13.8 Å². The third-order valence-corrected chi connectivity index (χ3v) is 2.95. The summed E-state index contributed by atoms with van der Waals surface area (Å²) >= 11 is 0. The Hall–Kier alpha value is -0.790. The van der Waals surface area contributed by atoms with Crippen LogP contribution in [0.4, 0.5) is 0 Å². The fraction of sp³-hybridized carbons (Fsp3) is 0.750. The Morgan fingerprint density at radius 1 is 1.43 bits per heavy atom. The minimum absolute atomic E-state index is 0.210. The molecule has 2 nitrogen and oxygen atoms in total. The number of hydrogen-bond acceptors (Lipinski definition) is 1. The van der Waals surface area contributed by atoms with Gasteiger partial charge < -0.3 is 5.11 Å². The lowest BCUT2D eigenvalue weighted by molar-refractivity contribution is -0.149. The van der Waals surface area contributed by atoms with Gasteiger partial charge in [-0.3, -0.25) is 4.79 Å². The summed E-state index contributed by atoms with van der Waals surface area (Å²) in [6.07, 6.45) is 7.23. The Balaban J connectivity index is 4.01. The van der Waals surface area contributed by atoms with Crippen LogP contribution >= 0.6 is 0 Å². The first-order chi connectivity index (χ1) is 6.42. The molecule has 0 rings (SSSR count). The van der Waals surface area contributed by atoms with Gasteiger partial charge in [0.1, 0.15) is 0 Å². The second kappa shape index (κ2) is 5.84. The highest BCUT2D eigenvalue weighted by molar-refractivity contribution is 5.73. The number of hydrogen-bond donors (Lipinski definition) is 1. The molecular formula is C12H22O2. The molecule has 0 heterocycles. The molecule has 1 N–H and O–H groups in total. The molecule has 0 aromatic heterocycles. The highest BCUT2D eigenvalue weighted by Gasteiger charge is 2.32. The minimum atomic E-state index is -0.704. The molecule has 2 heteroatoms. The Labute approximate surface area is 87.0 Å². The van der Waals surface area contributed by atoms with E-state index < -0.39 is 11.4 Å². The molecule has 0 spiro atoms. The smallest absolute Gasteiger partial charge is 0.309 e. The largest absolute Gasteiger partial charge is 0.481 e. The molecule has 82 valence electrons. The summed E-state index contributed by atoms with van der Waals surface area (Å²) in [5.41, 5.74) is -0.611. The lowest BCUT2D eigenvalue weighted by Crippen LogP contribution is -2.31. The number of carboxylic acids is 1. The summed E-state index contributed by atoms with van der Waals surface area (Å²) in [6, 6.07) is 0. The van der Waals surface area contributed by atoms with Crippen molar-refractivity contribution < 1.29 is 9.90 Å². The highest BCUT2D eigenvalue weighted by Crippen LogP contribution is 2.30. The Morgan fingerprint density at radius 3 is 2.43 bits per heavy atom. The Morgan fingerprint density at radius 2 is 2.00 bits per heavy atom. The van der Waals surface area contributed by atoms with Crippen LogP contribution in [0.5, 0.6) is 0 Å². The maximum Gasteiger partial charge on any atom is 0.309 e. The van der Waals surface area contributed by atoms with Crippen LogP contribution in [-0.2, 0) is 4.79 Å². The molecule has 0 aromatic rings. The molecule has 0 amide bonds. The second-order valence-corrected chi connectivity index (χ2v) is 4.38. The first kappa shape index (κ1) is 13.2. The Bertz CT molecular complexity index is 204. The predicted octanol–water partition coefficient (Wildman–Crippen LogP) is 3.48. The van der Waals surface area contributed by atoms with Crippen molar-refractivity contribution in [2.45, 2.75) is 47.0 Å². The van der Waals surface area contributed by atoms with Crippen molar-refractivity contribution in [3.05, 3.63) is 12.2 Å². The lowest BCUT2D eigenvalue weighted by Gasteiger charge is -2.26. The molecule has 0 saturated carbocycles. The molecule has 0 aliphatic heterocycles. The Kier molecular flexibility index (Phi) is 5.51. The number of rotatable bonds is 6. The van der Waals surface area contributed by atoms with Crippen LogP contribution in [0.1, 0.15) is 47.0 Å². The first-order valence-electron chi connectivity index (χ1n) is 5.31. The molecular weight excluding hydrogens is 176 g/mol. The lowest BCUT2D eigenvalue weighted by atomic mass is 9.77. The van der Waals surface area contributed by atoms with Crippen molar-refractivity contribution in [3.8, 4) is 0 Å². The van der Waals surface area contributed by atoms with E-state index in [-0.39, 0.29) is 5.92 Å². The maximum absolute atomic E-state index is 10.9. The summed E-state index contributed by atoms with van der Waals surface area (Å²) < 4.78 is 0. The van der Waals surface area contributed by atoms with Crippen molar-refractivity contribution in [1.29, 1.82) is 0 Å². The van der Waals surface area contributed by atoms with Crippen LogP contribution in [-0.4, -0.2) is 11.1 Å². The SMILES string of the molecule is CCC=CCCC(C)C(C)(C)C(=O)O. The standard InChI is InChI=1S/C12H22O2/c1-5-6-7-8-9-10(2)12(3,4)11(13)14/h6-7,10H,5,8-9H2,1-4H3,(H,13,14). The normalized spacial score (nSPS) is 14.6. The fourth-order valence-electron chi connectivity index (χ4n) is 1.20. The van der Waals surface area contributed by atoms with Crippen molar-refractivity contribution >= 4 is 5.97 Å². The molecule has 1 unspecified atom stereocenters. The van der Waals surface area contributed by atoms with Crippen molar-refractivity contribution in [2.24, 2.45) is 11.3 Å². The summed E-state index contributed by atoms with van der Waals surface area (Å²) in [5, 5.41) is 9.00. The van der Waals surface area contributed by atoms with Gasteiger partial charge in [-0.2, -0.15) is 0 Å². The van der Waals surface area contributed by atoms with Gasteiger partial charge in [-0.15, -0.1) is 0 Å². The van der Waals surface area contributed by atoms with E-state index in [2.05, 4.69) is 19.1 Å². The van der Waals surface area contributed by atoms with Gasteiger partial charge in [0.2, 0.25) is 0 Å². The quantitative estimate of drug-likeness (QED) is 0.663. The zero-order valence-electron chi connectivity index (χ0n) is 9.71. The summed E-state index contributed by atoms with van der Waals surface area (Å²) in [5.74, 6) is -0.494. The summed E-state index contributed by atoms with van der Waals surface area (Å²) in [4.78, 5) is 10.9. The second-order valence-electron chi connectivity index (χ2n) is 4.38. The number of aliphatic carboxylic acids is 1. The minimum Gasteiger partial charge on any atom is -0.481 e. The molecule has 0 saturated heterocycles. The molecule has 0 aliphatic rings. The summed E-state index contributed by atoms with van der Waals surface area (Å²) in [7, 11) is 0.